The van der Waals surface area contributed by atoms with Crippen molar-refractivity contribution in [1.29, 1.82) is 0 Å². The molecule has 1 aliphatic rings. The van der Waals surface area contributed by atoms with Crippen molar-refractivity contribution in [3.05, 3.63) is 95.6 Å². The number of rotatable bonds is 4. The van der Waals surface area contributed by atoms with E-state index in [0.717, 1.165) is 17.7 Å². The summed E-state index contributed by atoms with van der Waals surface area (Å²) >= 11 is 0. The highest BCUT2D eigenvalue weighted by Gasteiger charge is 2.12. The molecule has 1 aliphatic carbocycles. The van der Waals surface area contributed by atoms with Gasteiger partial charge in [-0.05, 0) is 47.4 Å². The van der Waals surface area contributed by atoms with Crippen LogP contribution in [0.1, 0.15) is 24.5 Å². The van der Waals surface area contributed by atoms with Crippen LogP contribution in [0.25, 0.3) is 16.3 Å². The number of fused-ring (bicyclic) bond motifs is 1. The van der Waals surface area contributed by atoms with Crippen LogP contribution in [0.4, 0.5) is 5.69 Å². The van der Waals surface area contributed by atoms with E-state index in [1.807, 2.05) is 36.5 Å². The number of hydrogen-bond acceptors (Lipinski definition) is 2. The van der Waals surface area contributed by atoms with E-state index in [-0.39, 0.29) is 0 Å². The largest absolute Gasteiger partial charge is 0.279 e. The lowest BCUT2D eigenvalue weighted by Gasteiger charge is -2.11. The zero-order valence-corrected chi connectivity index (χ0v) is 14.2. The predicted molar refractivity (Wildman–Crippen MR) is 108 cm³/mol. The first-order valence-corrected chi connectivity index (χ1v) is 8.55. The molecule has 122 valence electrons. The van der Waals surface area contributed by atoms with Gasteiger partial charge in [-0.25, -0.2) is 0 Å². The lowest BCUT2D eigenvalue weighted by atomic mass is 9.94. The fourth-order valence-electron chi connectivity index (χ4n) is 3.25. The van der Waals surface area contributed by atoms with Crippen molar-refractivity contribution in [2.45, 2.75) is 13.3 Å². The molecule has 0 radical (unpaired) electrons. The number of anilines is 1. The van der Waals surface area contributed by atoms with Gasteiger partial charge in [-0.3, -0.25) is 5.43 Å². The third-order valence-electron chi connectivity index (χ3n) is 4.52. The van der Waals surface area contributed by atoms with Crippen LogP contribution >= 0.6 is 0 Å². The van der Waals surface area contributed by atoms with Gasteiger partial charge in [0.1, 0.15) is 0 Å². The zero-order chi connectivity index (χ0) is 17.1. The Balaban J connectivity index is 1.75. The molecule has 0 spiro atoms. The maximum atomic E-state index is 4.49. The average Bonchev–Trinajstić information content (AvgIpc) is 3.09. The Morgan fingerprint density at radius 1 is 0.920 bits per heavy atom. The molecular weight excluding hydrogens is 304 g/mol. The molecule has 4 rings (SSSR count). The molecule has 2 heteroatoms. The van der Waals surface area contributed by atoms with E-state index >= 15 is 0 Å². The van der Waals surface area contributed by atoms with Gasteiger partial charge in [-0.15, -0.1) is 0 Å². The molecule has 0 heterocycles. The van der Waals surface area contributed by atoms with Crippen LogP contribution in [-0.4, -0.2) is 6.21 Å². The Hall–Kier alpha value is -3.13. The van der Waals surface area contributed by atoms with Crippen molar-refractivity contribution in [3.63, 3.8) is 0 Å². The minimum atomic E-state index is 0.983. The first kappa shape index (κ1) is 15.4. The summed E-state index contributed by atoms with van der Waals surface area (Å²) in [6.45, 7) is 2.15. The van der Waals surface area contributed by atoms with Crippen molar-refractivity contribution in [2.24, 2.45) is 5.10 Å². The first-order valence-electron chi connectivity index (χ1n) is 8.55. The van der Waals surface area contributed by atoms with Crippen LogP contribution < -0.4 is 5.43 Å². The topological polar surface area (TPSA) is 24.4 Å². The summed E-state index contributed by atoms with van der Waals surface area (Å²) < 4.78 is 0. The van der Waals surface area contributed by atoms with E-state index in [4.69, 9.17) is 0 Å². The Kier molecular flexibility index (Phi) is 4.17. The highest BCUT2D eigenvalue weighted by atomic mass is 15.3. The van der Waals surface area contributed by atoms with Crippen molar-refractivity contribution >= 4 is 28.2 Å². The summed E-state index contributed by atoms with van der Waals surface area (Å²) in [6.07, 6.45) is 7.47. The van der Waals surface area contributed by atoms with Gasteiger partial charge in [0.2, 0.25) is 0 Å². The fraction of sp³-hybridized carbons (Fsp3) is 0.0870. The maximum absolute atomic E-state index is 4.49. The second kappa shape index (κ2) is 6.78. The molecule has 0 fully saturated rings. The summed E-state index contributed by atoms with van der Waals surface area (Å²) in [5.41, 5.74) is 9.20. The van der Waals surface area contributed by atoms with E-state index in [9.17, 15) is 0 Å². The van der Waals surface area contributed by atoms with Gasteiger partial charge in [-0.1, -0.05) is 72.3 Å². The molecule has 25 heavy (non-hydrogen) atoms. The summed E-state index contributed by atoms with van der Waals surface area (Å²) in [7, 11) is 0. The number of nitrogens with one attached hydrogen (secondary N) is 1. The lowest BCUT2D eigenvalue weighted by Crippen LogP contribution is -1.96. The Bertz CT molecular complexity index is 995. The fourth-order valence-corrected chi connectivity index (χ4v) is 3.25. The Morgan fingerprint density at radius 3 is 2.52 bits per heavy atom. The standard InChI is InChI=1S/C23H20N2/c1-17-11-12-19(15-17)22-14-13-18-7-5-6-10-21(18)23(22)16-24-25-20-8-3-2-4-9-20/h2-11,13-16,25H,12H2,1H3/b24-16+. The van der Waals surface area contributed by atoms with Crippen molar-refractivity contribution < 1.29 is 0 Å². The highest BCUT2D eigenvalue weighted by Crippen LogP contribution is 2.32. The quantitative estimate of drug-likeness (QED) is 0.460. The van der Waals surface area contributed by atoms with Crippen LogP contribution in [-0.2, 0) is 0 Å². The second-order valence-corrected chi connectivity index (χ2v) is 6.31. The van der Waals surface area contributed by atoms with Crippen LogP contribution in [0.5, 0.6) is 0 Å². The molecule has 2 nitrogen and oxygen atoms in total. The molecule has 0 atom stereocenters. The van der Waals surface area contributed by atoms with Crippen molar-refractivity contribution in [3.8, 4) is 0 Å². The number of benzene rings is 3. The number of allylic oxidation sites excluding steroid dienone is 4. The lowest BCUT2D eigenvalue weighted by molar-refractivity contribution is 1.35. The number of hydrazone groups is 1. The molecule has 3 aromatic rings. The maximum Gasteiger partial charge on any atom is 0.0561 e. The summed E-state index contributed by atoms with van der Waals surface area (Å²) in [4.78, 5) is 0. The molecule has 0 aliphatic heterocycles. The molecule has 0 bridgehead atoms. The SMILES string of the molecule is CC1=CCC(c2ccc3ccccc3c2/C=N/Nc2ccccc2)=C1. The zero-order valence-electron chi connectivity index (χ0n) is 14.2. The second-order valence-electron chi connectivity index (χ2n) is 6.31. The van der Waals surface area contributed by atoms with E-state index in [1.165, 1.54) is 27.5 Å². The van der Waals surface area contributed by atoms with E-state index < -0.39 is 0 Å². The minimum absolute atomic E-state index is 0.983. The summed E-state index contributed by atoms with van der Waals surface area (Å²) in [5.74, 6) is 0. The molecular formula is C23H20N2. The smallest absolute Gasteiger partial charge is 0.0561 e. The van der Waals surface area contributed by atoms with Gasteiger partial charge in [0.05, 0.1) is 11.9 Å². The Labute approximate surface area is 148 Å². The molecule has 0 unspecified atom stereocenters. The first-order chi connectivity index (χ1) is 12.3. The van der Waals surface area contributed by atoms with Gasteiger partial charge in [0.25, 0.3) is 0 Å². The minimum Gasteiger partial charge on any atom is -0.279 e. The Morgan fingerprint density at radius 2 is 1.72 bits per heavy atom. The van der Waals surface area contributed by atoms with Crippen molar-refractivity contribution in [1.82, 2.24) is 0 Å². The highest BCUT2D eigenvalue weighted by molar-refractivity contribution is 6.05. The van der Waals surface area contributed by atoms with Crippen molar-refractivity contribution in [2.75, 3.05) is 5.43 Å². The van der Waals surface area contributed by atoms with Gasteiger partial charge in [0.15, 0.2) is 0 Å². The molecule has 0 saturated carbocycles. The van der Waals surface area contributed by atoms with Gasteiger partial charge in [-0.2, -0.15) is 5.10 Å². The number of hydrogen-bond donors (Lipinski definition) is 1. The summed E-state index contributed by atoms with van der Waals surface area (Å²) in [5, 5.41) is 6.95. The summed E-state index contributed by atoms with van der Waals surface area (Å²) in [6, 6.07) is 22.9. The monoisotopic (exact) mass is 324 g/mol. The van der Waals surface area contributed by atoms with E-state index in [2.05, 4.69) is 66.0 Å². The third-order valence-corrected chi connectivity index (χ3v) is 4.52. The predicted octanol–water partition coefficient (Wildman–Crippen LogP) is 6.02. The molecule has 1 N–H and O–H groups in total. The van der Waals surface area contributed by atoms with Gasteiger partial charge < -0.3 is 0 Å². The number of para-hydroxylation sites is 1. The van der Waals surface area contributed by atoms with Crippen LogP contribution in [0.3, 0.4) is 0 Å². The van der Waals surface area contributed by atoms with Gasteiger partial charge >= 0.3 is 0 Å². The average molecular weight is 324 g/mol. The normalized spacial score (nSPS) is 14.0. The van der Waals surface area contributed by atoms with Crippen LogP contribution in [0.15, 0.2) is 89.6 Å². The molecule has 0 saturated heterocycles. The molecule has 0 amide bonds. The van der Waals surface area contributed by atoms with Crippen LogP contribution in [0.2, 0.25) is 0 Å². The van der Waals surface area contributed by atoms with Gasteiger partial charge in [0, 0.05) is 5.56 Å². The van der Waals surface area contributed by atoms with E-state index in [1.54, 1.807) is 0 Å². The van der Waals surface area contributed by atoms with Crippen LogP contribution in [0, 0.1) is 0 Å². The molecule has 0 aromatic heterocycles. The number of nitrogens with zero attached hydrogens (tertiary/aromatic N) is 1. The third kappa shape index (κ3) is 3.24. The molecule has 3 aromatic carbocycles. The van der Waals surface area contributed by atoms with E-state index in [0.29, 0.717) is 0 Å².